The lowest BCUT2D eigenvalue weighted by atomic mass is 10.1. The quantitative estimate of drug-likeness (QED) is 0.858. The summed E-state index contributed by atoms with van der Waals surface area (Å²) < 4.78 is 1.91. The number of carbonyl (C=O) groups is 1. The van der Waals surface area contributed by atoms with Crippen LogP contribution in [0.25, 0.3) is 0 Å². The molecule has 0 atom stereocenters. The molecule has 0 unspecified atom stereocenters. The Morgan fingerprint density at radius 1 is 1.47 bits per heavy atom. The first-order valence-electron chi connectivity index (χ1n) is 6.07. The Bertz CT molecular complexity index is 592. The fourth-order valence-electron chi connectivity index (χ4n) is 1.93. The molecule has 100 valence electrons. The van der Waals surface area contributed by atoms with Crippen molar-refractivity contribution in [2.75, 3.05) is 5.32 Å². The summed E-state index contributed by atoms with van der Waals surface area (Å²) in [5.74, 6) is -0.162. The Hall–Kier alpha value is -2.37. The van der Waals surface area contributed by atoms with E-state index in [9.17, 15) is 9.90 Å². The molecule has 1 heterocycles. The molecule has 0 amide bonds. The molecule has 0 spiro atoms. The lowest BCUT2D eigenvalue weighted by molar-refractivity contribution is 0.0698. The van der Waals surface area contributed by atoms with Crippen LogP contribution in [0.3, 0.4) is 0 Å². The molecule has 2 rings (SSSR count). The minimum Gasteiger partial charge on any atom is -0.478 e. The van der Waals surface area contributed by atoms with Gasteiger partial charge in [0.2, 0.25) is 0 Å². The number of nitrogens with one attached hydrogen (secondary N) is 1. The zero-order chi connectivity index (χ0) is 13.8. The van der Waals surface area contributed by atoms with Crippen LogP contribution in [0.5, 0.6) is 0 Å². The molecule has 6 heteroatoms. The summed E-state index contributed by atoms with van der Waals surface area (Å²) in [7, 11) is 0. The zero-order valence-corrected chi connectivity index (χ0v) is 10.9. The Labute approximate surface area is 111 Å². The normalized spacial score (nSPS) is 10.4. The van der Waals surface area contributed by atoms with Crippen LogP contribution >= 0.6 is 0 Å². The van der Waals surface area contributed by atoms with E-state index in [-0.39, 0.29) is 5.56 Å². The molecule has 2 N–H and O–H groups in total. The van der Waals surface area contributed by atoms with E-state index in [0.29, 0.717) is 12.2 Å². The molecular weight excluding hydrogens is 244 g/mol. The SMILES string of the molecule is CCn1cnnc1CNc1c(C)cccc1C(=O)O. The van der Waals surface area contributed by atoms with Crippen LogP contribution in [-0.4, -0.2) is 25.8 Å². The second kappa shape index (κ2) is 5.51. The van der Waals surface area contributed by atoms with Gasteiger partial charge in [-0.05, 0) is 25.5 Å². The van der Waals surface area contributed by atoms with Crippen molar-refractivity contribution < 1.29 is 9.90 Å². The molecular formula is C13H16N4O2. The lowest BCUT2D eigenvalue weighted by Gasteiger charge is -2.12. The van der Waals surface area contributed by atoms with E-state index >= 15 is 0 Å². The first-order valence-corrected chi connectivity index (χ1v) is 6.07. The van der Waals surface area contributed by atoms with E-state index in [4.69, 9.17) is 0 Å². The average Bonchev–Trinajstić information content (AvgIpc) is 2.84. The standard InChI is InChI=1S/C13H16N4O2/c1-3-17-8-15-16-11(17)7-14-12-9(2)5-4-6-10(12)13(18)19/h4-6,8,14H,3,7H2,1-2H3,(H,18,19). The van der Waals surface area contributed by atoms with Crippen LogP contribution in [-0.2, 0) is 13.1 Å². The smallest absolute Gasteiger partial charge is 0.337 e. The van der Waals surface area contributed by atoms with Gasteiger partial charge >= 0.3 is 5.97 Å². The van der Waals surface area contributed by atoms with Gasteiger partial charge in [-0.2, -0.15) is 0 Å². The van der Waals surface area contributed by atoms with E-state index in [1.807, 2.05) is 24.5 Å². The fourth-order valence-corrected chi connectivity index (χ4v) is 1.93. The number of hydrogen-bond donors (Lipinski definition) is 2. The molecule has 0 saturated carbocycles. The van der Waals surface area contributed by atoms with Gasteiger partial charge in [0.1, 0.15) is 6.33 Å². The number of hydrogen-bond acceptors (Lipinski definition) is 4. The maximum Gasteiger partial charge on any atom is 0.337 e. The molecule has 0 aliphatic rings. The maximum absolute atomic E-state index is 11.2. The highest BCUT2D eigenvalue weighted by Gasteiger charge is 2.12. The van der Waals surface area contributed by atoms with E-state index in [1.54, 1.807) is 18.5 Å². The molecule has 0 radical (unpaired) electrons. The number of benzene rings is 1. The minimum atomic E-state index is -0.942. The van der Waals surface area contributed by atoms with E-state index in [1.165, 1.54) is 0 Å². The third kappa shape index (κ3) is 2.73. The Balaban J connectivity index is 2.22. The number of carboxylic acid groups (broad SMARTS) is 1. The summed E-state index contributed by atoms with van der Waals surface area (Å²) in [4.78, 5) is 11.2. The van der Waals surface area contributed by atoms with Crippen LogP contribution in [0.2, 0.25) is 0 Å². The number of aryl methyl sites for hydroxylation is 2. The first-order chi connectivity index (χ1) is 9.13. The van der Waals surface area contributed by atoms with Gasteiger partial charge in [0, 0.05) is 6.54 Å². The maximum atomic E-state index is 11.2. The van der Waals surface area contributed by atoms with Crippen LogP contribution in [0.1, 0.15) is 28.7 Å². The topological polar surface area (TPSA) is 80.0 Å². The van der Waals surface area contributed by atoms with E-state index in [0.717, 1.165) is 17.9 Å². The number of para-hydroxylation sites is 1. The molecule has 2 aromatic rings. The van der Waals surface area contributed by atoms with Gasteiger partial charge in [0.05, 0.1) is 17.8 Å². The molecule has 0 saturated heterocycles. The summed E-state index contributed by atoms with van der Waals surface area (Å²) in [5, 5.41) is 20.2. The van der Waals surface area contributed by atoms with Crippen molar-refractivity contribution in [3.8, 4) is 0 Å². The van der Waals surface area contributed by atoms with Crippen LogP contribution in [0.4, 0.5) is 5.69 Å². The largest absolute Gasteiger partial charge is 0.478 e. The first kappa shape index (κ1) is 13.1. The lowest BCUT2D eigenvalue weighted by Crippen LogP contribution is -2.11. The van der Waals surface area contributed by atoms with Crippen molar-refractivity contribution in [2.24, 2.45) is 0 Å². The summed E-state index contributed by atoms with van der Waals surface area (Å²) in [5.41, 5.74) is 1.78. The second-order valence-corrected chi connectivity index (χ2v) is 4.19. The molecule has 1 aromatic heterocycles. The number of anilines is 1. The fraction of sp³-hybridized carbons (Fsp3) is 0.308. The summed E-state index contributed by atoms with van der Waals surface area (Å²) in [6, 6.07) is 5.19. The van der Waals surface area contributed by atoms with Crippen molar-refractivity contribution in [3.63, 3.8) is 0 Å². The Morgan fingerprint density at radius 2 is 2.26 bits per heavy atom. The van der Waals surface area contributed by atoms with Crippen LogP contribution in [0, 0.1) is 6.92 Å². The number of aromatic carboxylic acids is 1. The van der Waals surface area contributed by atoms with Gasteiger partial charge in [-0.3, -0.25) is 0 Å². The van der Waals surface area contributed by atoms with E-state index < -0.39 is 5.97 Å². The molecule has 1 aromatic carbocycles. The van der Waals surface area contributed by atoms with Crippen molar-refractivity contribution >= 4 is 11.7 Å². The number of carboxylic acids is 1. The summed E-state index contributed by atoms with van der Waals surface area (Å²) >= 11 is 0. The predicted octanol–water partition coefficient (Wildman–Crippen LogP) is 1.92. The number of aromatic nitrogens is 3. The van der Waals surface area contributed by atoms with Gasteiger partial charge in [-0.25, -0.2) is 4.79 Å². The van der Waals surface area contributed by atoms with Crippen LogP contribution in [0.15, 0.2) is 24.5 Å². The van der Waals surface area contributed by atoms with Crippen molar-refractivity contribution in [1.82, 2.24) is 14.8 Å². The zero-order valence-electron chi connectivity index (χ0n) is 10.9. The van der Waals surface area contributed by atoms with Gasteiger partial charge in [-0.1, -0.05) is 12.1 Å². The molecule has 19 heavy (non-hydrogen) atoms. The van der Waals surface area contributed by atoms with Crippen molar-refractivity contribution in [3.05, 3.63) is 41.5 Å². The summed E-state index contributed by atoms with van der Waals surface area (Å²) in [6.07, 6.45) is 1.66. The number of nitrogens with zero attached hydrogens (tertiary/aromatic N) is 3. The monoisotopic (exact) mass is 260 g/mol. The van der Waals surface area contributed by atoms with E-state index in [2.05, 4.69) is 15.5 Å². The molecule has 0 bridgehead atoms. The molecule has 0 aliphatic heterocycles. The minimum absolute atomic E-state index is 0.266. The highest BCUT2D eigenvalue weighted by Crippen LogP contribution is 2.21. The third-order valence-corrected chi connectivity index (χ3v) is 2.96. The Morgan fingerprint density at radius 3 is 2.95 bits per heavy atom. The summed E-state index contributed by atoms with van der Waals surface area (Å²) in [6.45, 7) is 5.10. The number of rotatable bonds is 5. The molecule has 0 fully saturated rings. The van der Waals surface area contributed by atoms with Crippen molar-refractivity contribution in [1.29, 1.82) is 0 Å². The van der Waals surface area contributed by atoms with Crippen LogP contribution < -0.4 is 5.32 Å². The molecule has 6 nitrogen and oxygen atoms in total. The van der Waals surface area contributed by atoms with Crippen molar-refractivity contribution in [2.45, 2.75) is 26.9 Å². The van der Waals surface area contributed by atoms with Gasteiger partial charge < -0.3 is 15.0 Å². The molecule has 0 aliphatic carbocycles. The van der Waals surface area contributed by atoms with Gasteiger partial charge in [-0.15, -0.1) is 10.2 Å². The second-order valence-electron chi connectivity index (χ2n) is 4.19. The predicted molar refractivity (Wildman–Crippen MR) is 71.2 cm³/mol. The Kier molecular flexibility index (Phi) is 3.79. The third-order valence-electron chi connectivity index (χ3n) is 2.96. The average molecular weight is 260 g/mol. The van der Waals surface area contributed by atoms with Gasteiger partial charge in [0.15, 0.2) is 5.82 Å². The highest BCUT2D eigenvalue weighted by atomic mass is 16.4. The highest BCUT2D eigenvalue weighted by molar-refractivity contribution is 5.95. The van der Waals surface area contributed by atoms with Gasteiger partial charge in [0.25, 0.3) is 0 Å².